The van der Waals surface area contributed by atoms with Crippen LogP contribution in [0.1, 0.15) is 21.5 Å². The third-order valence-electron chi connectivity index (χ3n) is 2.95. The molecule has 2 N–H and O–H groups in total. The van der Waals surface area contributed by atoms with Gasteiger partial charge in [0.1, 0.15) is 0 Å². The number of hydrogen-bond acceptors (Lipinski definition) is 3. The zero-order valence-electron chi connectivity index (χ0n) is 9.60. The molecule has 0 saturated heterocycles. The molecule has 1 aliphatic rings. The van der Waals surface area contributed by atoms with Gasteiger partial charge in [-0.3, -0.25) is 0 Å². The van der Waals surface area contributed by atoms with E-state index in [0.29, 0.717) is 25.1 Å². The smallest absolute Gasteiger partial charge is 0.337 e. The van der Waals surface area contributed by atoms with Crippen LogP contribution in [0.2, 0.25) is 0 Å². The van der Waals surface area contributed by atoms with Gasteiger partial charge in [-0.1, -0.05) is 6.07 Å². The Kier molecular flexibility index (Phi) is 2.99. The Hall–Kier alpha value is -2.04. The molecule has 1 aromatic carbocycles. The highest BCUT2D eigenvalue weighted by atomic mass is 16.5. The second-order valence-electron chi connectivity index (χ2n) is 3.98. The number of benzene rings is 1. The number of esters is 1. The van der Waals surface area contributed by atoms with Crippen LogP contribution >= 0.6 is 0 Å². The summed E-state index contributed by atoms with van der Waals surface area (Å²) >= 11 is 0. The van der Waals surface area contributed by atoms with E-state index in [2.05, 4.69) is 4.74 Å². The number of primary amides is 1. The van der Waals surface area contributed by atoms with Gasteiger partial charge in [0.15, 0.2) is 0 Å². The molecule has 2 rings (SSSR count). The number of amides is 2. The van der Waals surface area contributed by atoms with Gasteiger partial charge in [0, 0.05) is 13.1 Å². The molecule has 1 aliphatic heterocycles. The van der Waals surface area contributed by atoms with Crippen LogP contribution in [0.3, 0.4) is 0 Å². The number of hydrogen-bond donors (Lipinski definition) is 1. The van der Waals surface area contributed by atoms with Gasteiger partial charge < -0.3 is 15.4 Å². The normalized spacial score (nSPS) is 14.1. The van der Waals surface area contributed by atoms with Crippen molar-refractivity contribution in [2.75, 3.05) is 13.7 Å². The Morgan fingerprint density at radius 2 is 2.12 bits per heavy atom. The number of nitrogens with zero attached hydrogens (tertiary/aromatic N) is 1. The molecule has 0 radical (unpaired) electrons. The first kappa shape index (κ1) is 11.4. The van der Waals surface area contributed by atoms with Crippen LogP contribution in [-0.2, 0) is 17.7 Å². The van der Waals surface area contributed by atoms with Gasteiger partial charge in [0.05, 0.1) is 12.7 Å². The molecule has 90 valence electrons. The fourth-order valence-electron chi connectivity index (χ4n) is 1.99. The fraction of sp³-hybridized carbons (Fsp3) is 0.333. The topological polar surface area (TPSA) is 72.6 Å². The van der Waals surface area contributed by atoms with Crippen molar-refractivity contribution in [1.29, 1.82) is 0 Å². The Balaban J connectivity index is 2.25. The largest absolute Gasteiger partial charge is 0.465 e. The van der Waals surface area contributed by atoms with E-state index < -0.39 is 6.03 Å². The molecule has 0 spiro atoms. The molecule has 1 heterocycles. The summed E-state index contributed by atoms with van der Waals surface area (Å²) in [5, 5.41) is 0. The quantitative estimate of drug-likeness (QED) is 0.734. The number of carbonyl (C=O) groups excluding carboxylic acids is 2. The van der Waals surface area contributed by atoms with Crippen molar-refractivity contribution in [3.05, 3.63) is 34.9 Å². The van der Waals surface area contributed by atoms with Crippen LogP contribution in [0, 0.1) is 0 Å². The summed E-state index contributed by atoms with van der Waals surface area (Å²) in [5.41, 5.74) is 7.88. The van der Waals surface area contributed by atoms with Crippen molar-refractivity contribution in [1.82, 2.24) is 4.90 Å². The zero-order valence-corrected chi connectivity index (χ0v) is 9.60. The van der Waals surface area contributed by atoms with Crippen molar-refractivity contribution in [3.8, 4) is 0 Å². The third kappa shape index (κ3) is 2.22. The van der Waals surface area contributed by atoms with Crippen LogP contribution in [0.4, 0.5) is 4.79 Å². The second kappa shape index (κ2) is 4.45. The van der Waals surface area contributed by atoms with Crippen molar-refractivity contribution in [3.63, 3.8) is 0 Å². The molecule has 1 aromatic rings. The van der Waals surface area contributed by atoms with Crippen LogP contribution in [0.15, 0.2) is 18.2 Å². The molecule has 5 nitrogen and oxygen atoms in total. The van der Waals surface area contributed by atoms with Crippen molar-refractivity contribution in [2.24, 2.45) is 5.73 Å². The lowest BCUT2D eigenvalue weighted by Crippen LogP contribution is -2.39. The van der Waals surface area contributed by atoms with Gasteiger partial charge in [-0.15, -0.1) is 0 Å². The predicted octanol–water partition coefficient (Wildman–Crippen LogP) is 0.910. The molecular weight excluding hydrogens is 220 g/mol. The number of urea groups is 1. The molecule has 0 atom stereocenters. The second-order valence-corrected chi connectivity index (χ2v) is 3.98. The SMILES string of the molecule is COC(=O)c1ccc2c(c1)CCN(C(N)=O)C2. The molecule has 5 heteroatoms. The summed E-state index contributed by atoms with van der Waals surface area (Å²) in [4.78, 5) is 24.0. The molecule has 0 aliphatic carbocycles. The molecule has 0 unspecified atom stereocenters. The van der Waals surface area contributed by atoms with E-state index in [0.717, 1.165) is 11.1 Å². The third-order valence-corrected chi connectivity index (χ3v) is 2.95. The minimum atomic E-state index is -0.410. The van der Waals surface area contributed by atoms with E-state index in [9.17, 15) is 9.59 Å². The summed E-state index contributed by atoms with van der Waals surface area (Å²) < 4.78 is 4.66. The van der Waals surface area contributed by atoms with Crippen LogP contribution in [0.5, 0.6) is 0 Å². The molecule has 0 saturated carbocycles. The van der Waals surface area contributed by atoms with Gasteiger partial charge in [0.25, 0.3) is 0 Å². The summed E-state index contributed by atoms with van der Waals surface area (Å²) in [6, 6.07) is 4.96. The monoisotopic (exact) mass is 234 g/mol. The number of fused-ring (bicyclic) bond motifs is 1. The number of rotatable bonds is 1. The summed E-state index contributed by atoms with van der Waals surface area (Å²) in [6.07, 6.45) is 0.711. The maximum Gasteiger partial charge on any atom is 0.337 e. The molecule has 0 aromatic heterocycles. The molecular formula is C12H14N2O3. The zero-order chi connectivity index (χ0) is 12.4. The van der Waals surface area contributed by atoms with E-state index in [4.69, 9.17) is 5.73 Å². The fourth-order valence-corrected chi connectivity index (χ4v) is 1.99. The lowest BCUT2D eigenvalue weighted by atomic mass is 9.97. The standard InChI is InChI=1S/C12H14N2O3/c1-17-11(15)9-2-3-10-7-14(12(13)16)5-4-8(10)6-9/h2-3,6H,4-5,7H2,1H3,(H2,13,16). The van der Waals surface area contributed by atoms with Crippen LogP contribution in [0.25, 0.3) is 0 Å². The van der Waals surface area contributed by atoms with Gasteiger partial charge in [0.2, 0.25) is 0 Å². The number of carbonyl (C=O) groups is 2. The molecule has 0 fully saturated rings. The highest BCUT2D eigenvalue weighted by Gasteiger charge is 2.19. The molecule has 17 heavy (non-hydrogen) atoms. The number of methoxy groups -OCH3 is 1. The summed E-state index contributed by atoms with van der Waals surface area (Å²) in [6.45, 7) is 1.10. The maximum absolute atomic E-state index is 11.4. The van der Waals surface area contributed by atoms with E-state index in [1.165, 1.54) is 7.11 Å². The van der Waals surface area contributed by atoms with Crippen LogP contribution in [-0.4, -0.2) is 30.6 Å². The average molecular weight is 234 g/mol. The Bertz CT molecular complexity index is 471. The van der Waals surface area contributed by atoms with E-state index in [1.54, 1.807) is 11.0 Å². The minimum Gasteiger partial charge on any atom is -0.465 e. The van der Waals surface area contributed by atoms with Gasteiger partial charge in [-0.25, -0.2) is 9.59 Å². The first-order valence-corrected chi connectivity index (χ1v) is 5.36. The highest BCUT2D eigenvalue weighted by Crippen LogP contribution is 2.20. The lowest BCUT2D eigenvalue weighted by molar-refractivity contribution is 0.0600. The van der Waals surface area contributed by atoms with E-state index >= 15 is 0 Å². The first-order chi connectivity index (χ1) is 8.11. The predicted molar refractivity (Wildman–Crippen MR) is 61.5 cm³/mol. The summed E-state index contributed by atoms with van der Waals surface area (Å²) in [5.74, 6) is -0.342. The Morgan fingerprint density at radius 1 is 1.35 bits per heavy atom. The lowest BCUT2D eigenvalue weighted by Gasteiger charge is -2.27. The number of nitrogens with two attached hydrogens (primary N) is 1. The summed E-state index contributed by atoms with van der Waals surface area (Å²) in [7, 11) is 1.36. The van der Waals surface area contributed by atoms with Gasteiger partial charge in [-0.2, -0.15) is 0 Å². The molecule has 2 amide bonds. The van der Waals surface area contributed by atoms with Crippen molar-refractivity contribution >= 4 is 12.0 Å². The minimum absolute atomic E-state index is 0.342. The number of ether oxygens (including phenoxy) is 1. The molecule has 0 bridgehead atoms. The Morgan fingerprint density at radius 3 is 2.76 bits per heavy atom. The van der Waals surface area contributed by atoms with Gasteiger partial charge >= 0.3 is 12.0 Å². The Labute approximate surface area is 99.2 Å². The average Bonchev–Trinajstić information content (AvgIpc) is 2.36. The first-order valence-electron chi connectivity index (χ1n) is 5.36. The van der Waals surface area contributed by atoms with Crippen LogP contribution < -0.4 is 5.73 Å². The van der Waals surface area contributed by atoms with Crippen molar-refractivity contribution in [2.45, 2.75) is 13.0 Å². The maximum atomic E-state index is 11.4. The van der Waals surface area contributed by atoms with Crippen molar-refractivity contribution < 1.29 is 14.3 Å². The highest BCUT2D eigenvalue weighted by molar-refractivity contribution is 5.89. The van der Waals surface area contributed by atoms with E-state index in [-0.39, 0.29) is 5.97 Å². The van der Waals surface area contributed by atoms with E-state index in [1.807, 2.05) is 12.1 Å². The van der Waals surface area contributed by atoms with Gasteiger partial charge in [-0.05, 0) is 29.7 Å².